The molecule has 7 heteroatoms. The molecule has 0 spiro atoms. The zero-order valence-electron chi connectivity index (χ0n) is 13.3. The lowest BCUT2D eigenvalue weighted by atomic mass is 10.2. The molecule has 0 amide bonds. The van der Waals surface area contributed by atoms with Crippen LogP contribution in [0.2, 0.25) is 0 Å². The average Bonchev–Trinajstić information content (AvgIpc) is 3.00. The minimum absolute atomic E-state index is 0.455. The number of nitrogens with one attached hydrogen (secondary N) is 1. The Morgan fingerprint density at radius 1 is 1.22 bits per heavy atom. The number of aromatic nitrogens is 1. The minimum Gasteiger partial charge on any atom is -0.493 e. The summed E-state index contributed by atoms with van der Waals surface area (Å²) in [6, 6.07) is 5.67. The number of allylic oxidation sites excluding steroid dienone is 1. The highest BCUT2D eigenvalue weighted by Crippen LogP contribution is 2.40. The fourth-order valence-electron chi connectivity index (χ4n) is 1.94. The second-order valence-electron chi connectivity index (χ2n) is 4.52. The zero-order chi connectivity index (χ0) is 16.8. The van der Waals surface area contributed by atoms with E-state index in [4.69, 9.17) is 14.2 Å². The van der Waals surface area contributed by atoms with Crippen molar-refractivity contribution in [2.75, 3.05) is 26.6 Å². The van der Waals surface area contributed by atoms with Crippen LogP contribution in [0.25, 0.3) is 5.57 Å². The molecule has 0 atom stereocenters. The lowest BCUT2D eigenvalue weighted by molar-refractivity contribution is 0.324. The fraction of sp³-hybridized carbons (Fsp3) is 0.250. The van der Waals surface area contributed by atoms with Crippen LogP contribution in [0.4, 0.5) is 5.69 Å². The largest absolute Gasteiger partial charge is 0.493 e. The quantitative estimate of drug-likeness (QED) is 0.817. The van der Waals surface area contributed by atoms with Gasteiger partial charge in [0.05, 0.1) is 21.3 Å². The maximum atomic E-state index is 9.29. The number of nitrogens with zero attached hydrogens (tertiary/aromatic N) is 2. The summed E-state index contributed by atoms with van der Waals surface area (Å²) in [6.45, 7) is 1.89. The number of rotatable bonds is 6. The fourth-order valence-corrected chi connectivity index (χ4v) is 2.70. The molecule has 23 heavy (non-hydrogen) atoms. The van der Waals surface area contributed by atoms with Gasteiger partial charge in [-0.1, -0.05) is 0 Å². The second kappa shape index (κ2) is 7.51. The first-order chi connectivity index (χ1) is 11.1. The van der Waals surface area contributed by atoms with Crippen molar-refractivity contribution in [3.05, 3.63) is 34.4 Å². The molecular weight excluding hydrogens is 314 g/mol. The lowest BCUT2D eigenvalue weighted by Crippen LogP contribution is -1.98. The molecular formula is C16H17N3O3S. The molecule has 0 unspecified atom stereocenters. The third-order valence-electron chi connectivity index (χ3n) is 3.02. The Kier molecular flexibility index (Phi) is 5.44. The van der Waals surface area contributed by atoms with E-state index in [1.54, 1.807) is 39.7 Å². The van der Waals surface area contributed by atoms with E-state index in [0.717, 1.165) is 5.69 Å². The van der Waals surface area contributed by atoms with Gasteiger partial charge in [0.25, 0.3) is 0 Å². The number of anilines is 1. The molecule has 1 N–H and O–H groups in total. The number of hydrogen-bond donors (Lipinski definition) is 1. The van der Waals surface area contributed by atoms with Gasteiger partial charge in [0.15, 0.2) is 11.5 Å². The Labute approximate surface area is 138 Å². The molecule has 6 nitrogen and oxygen atoms in total. The summed E-state index contributed by atoms with van der Waals surface area (Å²) in [5.41, 5.74) is 2.05. The third kappa shape index (κ3) is 3.73. The number of methoxy groups -OCH3 is 3. The van der Waals surface area contributed by atoms with Crippen molar-refractivity contribution in [1.82, 2.24) is 4.98 Å². The van der Waals surface area contributed by atoms with E-state index >= 15 is 0 Å². The Balaban J connectivity index is 2.32. The van der Waals surface area contributed by atoms with Gasteiger partial charge >= 0.3 is 0 Å². The Morgan fingerprint density at radius 2 is 1.87 bits per heavy atom. The van der Waals surface area contributed by atoms with E-state index in [0.29, 0.717) is 33.5 Å². The van der Waals surface area contributed by atoms with Gasteiger partial charge in [-0.25, -0.2) is 4.98 Å². The molecule has 1 heterocycles. The van der Waals surface area contributed by atoms with Crippen LogP contribution in [-0.4, -0.2) is 26.3 Å². The van der Waals surface area contributed by atoms with Crippen LogP contribution in [-0.2, 0) is 0 Å². The van der Waals surface area contributed by atoms with Gasteiger partial charge in [-0.2, -0.15) is 5.26 Å². The van der Waals surface area contributed by atoms with Crippen LogP contribution in [0.3, 0.4) is 0 Å². The first-order valence-corrected chi connectivity index (χ1v) is 7.60. The first-order valence-electron chi connectivity index (χ1n) is 6.72. The normalized spacial score (nSPS) is 10.8. The highest BCUT2D eigenvalue weighted by molar-refractivity contribution is 7.10. The number of ether oxygens (including phenoxy) is 3. The summed E-state index contributed by atoms with van der Waals surface area (Å²) >= 11 is 1.43. The van der Waals surface area contributed by atoms with Gasteiger partial charge in [0, 0.05) is 35.1 Å². The molecule has 0 radical (unpaired) electrons. The average molecular weight is 331 g/mol. The monoisotopic (exact) mass is 331 g/mol. The Morgan fingerprint density at radius 3 is 2.30 bits per heavy atom. The second-order valence-corrected chi connectivity index (χ2v) is 5.38. The first kappa shape index (κ1) is 16.6. The van der Waals surface area contributed by atoms with E-state index in [-0.39, 0.29) is 0 Å². The highest BCUT2D eigenvalue weighted by Gasteiger charge is 2.13. The van der Waals surface area contributed by atoms with Crippen LogP contribution in [0.1, 0.15) is 10.7 Å². The predicted octanol–water partition coefficient (Wildman–Crippen LogP) is 3.45. The molecule has 0 aliphatic carbocycles. The molecule has 0 bridgehead atoms. The molecule has 0 aliphatic heterocycles. The standard InChI is InChI=1S/C16H17N3O3S/c1-10-9-23-16(19-10)11(7-17)8-18-12-5-13(20-2)15(22-4)14(6-12)21-3/h5-6,8-9,18H,1-4H3/b11-8+. The summed E-state index contributed by atoms with van der Waals surface area (Å²) in [5, 5.41) is 14.9. The summed E-state index contributed by atoms with van der Waals surface area (Å²) in [4.78, 5) is 4.31. The van der Waals surface area contributed by atoms with Crippen LogP contribution in [0, 0.1) is 18.3 Å². The maximum Gasteiger partial charge on any atom is 0.203 e. The summed E-state index contributed by atoms with van der Waals surface area (Å²) in [5.74, 6) is 1.58. The highest BCUT2D eigenvalue weighted by atomic mass is 32.1. The lowest BCUT2D eigenvalue weighted by Gasteiger charge is -2.14. The Bertz CT molecular complexity index is 737. The van der Waals surface area contributed by atoms with Gasteiger partial charge in [-0.3, -0.25) is 0 Å². The van der Waals surface area contributed by atoms with Gasteiger partial charge < -0.3 is 19.5 Å². The molecule has 0 fully saturated rings. The molecule has 0 saturated heterocycles. The summed E-state index contributed by atoms with van der Waals surface area (Å²) in [7, 11) is 4.65. The maximum absolute atomic E-state index is 9.29. The van der Waals surface area contributed by atoms with Crippen molar-refractivity contribution >= 4 is 22.6 Å². The van der Waals surface area contributed by atoms with Crippen LogP contribution < -0.4 is 19.5 Å². The summed E-state index contributed by atoms with van der Waals surface area (Å²) in [6.07, 6.45) is 1.61. The minimum atomic E-state index is 0.455. The molecule has 1 aromatic heterocycles. The van der Waals surface area contributed by atoms with Crippen LogP contribution >= 0.6 is 11.3 Å². The van der Waals surface area contributed by atoms with E-state index in [2.05, 4.69) is 16.4 Å². The van der Waals surface area contributed by atoms with Crippen molar-refractivity contribution in [3.8, 4) is 23.3 Å². The third-order valence-corrected chi connectivity index (χ3v) is 4.01. The number of benzene rings is 1. The van der Waals surface area contributed by atoms with E-state index in [1.165, 1.54) is 11.3 Å². The molecule has 0 aliphatic rings. The van der Waals surface area contributed by atoms with Crippen molar-refractivity contribution < 1.29 is 14.2 Å². The molecule has 120 valence electrons. The smallest absolute Gasteiger partial charge is 0.203 e. The van der Waals surface area contributed by atoms with E-state index in [1.807, 2.05) is 12.3 Å². The number of nitriles is 1. The topological polar surface area (TPSA) is 76.4 Å². The van der Waals surface area contributed by atoms with Crippen molar-refractivity contribution in [3.63, 3.8) is 0 Å². The summed E-state index contributed by atoms with van der Waals surface area (Å²) < 4.78 is 15.9. The molecule has 0 saturated carbocycles. The van der Waals surface area contributed by atoms with Crippen molar-refractivity contribution in [2.45, 2.75) is 6.92 Å². The van der Waals surface area contributed by atoms with Crippen LogP contribution in [0.5, 0.6) is 17.2 Å². The SMILES string of the molecule is COc1cc(N/C=C(\C#N)c2nc(C)cs2)cc(OC)c1OC. The Hall–Kier alpha value is -2.72. The molecule has 2 rings (SSSR count). The van der Waals surface area contributed by atoms with Gasteiger partial charge in [-0.15, -0.1) is 11.3 Å². The number of hydrogen-bond acceptors (Lipinski definition) is 7. The van der Waals surface area contributed by atoms with Crippen molar-refractivity contribution in [2.24, 2.45) is 0 Å². The van der Waals surface area contributed by atoms with E-state index < -0.39 is 0 Å². The van der Waals surface area contributed by atoms with Gasteiger partial charge in [-0.05, 0) is 6.92 Å². The van der Waals surface area contributed by atoms with Crippen molar-refractivity contribution in [1.29, 1.82) is 5.26 Å². The van der Waals surface area contributed by atoms with E-state index in [9.17, 15) is 5.26 Å². The van der Waals surface area contributed by atoms with Crippen LogP contribution in [0.15, 0.2) is 23.7 Å². The van der Waals surface area contributed by atoms with Gasteiger partial charge in [0.1, 0.15) is 16.6 Å². The molecule has 1 aromatic carbocycles. The predicted molar refractivity (Wildman–Crippen MR) is 90.2 cm³/mol. The molecule has 2 aromatic rings. The number of aryl methyl sites for hydroxylation is 1. The number of thiazole rings is 1. The zero-order valence-corrected chi connectivity index (χ0v) is 14.2. The van der Waals surface area contributed by atoms with Gasteiger partial charge in [0.2, 0.25) is 5.75 Å².